The van der Waals surface area contributed by atoms with Crippen LogP contribution in [0.2, 0.25) is 0 Å². The second-order valence-electron chi connectivity index (χ2n) is 8.31. The van der Waals surface area contributed by atoms with Crippen LogP contribution in [0.15, 0.2) is 82.7 Å². The van der Waals surface area contributed by atoms with Gasteiger partial charge in [0.25, 0.3) is 16.8 Å². The smallest absolute Gasteiger partial charge is 0.293 e. The van der Waals surface area contributed by atoms with Crippen molar-refractivity contribution in [2.24, 2.45) is 0 Å². The van der Waals surface area contributed by atoms with Crippen LogP contribution in [0.25, 0.3) is 6.08 Å². The summed E-state index contributed by atoms with van der Waals surface area (Å²) in [4.78, 5) is 37.6. The third-order valence-electron chi connectivity index (χ3n) is 5.67. The predicted octanol–water partition coefficient (Wildman–Crippen LogP) is 6.91. The van der Waals surface area contributed by atoms with E-state index in [1.165, 1.54) is 25.3 Å². The molecule has 38 heavy (non-hydrogen) atoms. The maximum atomic E-state index is 13.1. The van der Waals surface area contributed by atoms with E-state index in [0.29, 0.717) is 35.7 Å². The zero-order chi connectivity index (χ0) is 27.2. The Kier molecular flexibility index (Phi) is 8.65. The van der Waals surface area contributed by atoms with Gasteiger partial charge in [-0.2, -0.15) is 0 Å². The number of rotatable bonds is 10. The largest absolute Gasteiger partial charge is 0.493 e. The Morgan fingerprint density at radius 2 is 1.87 bits per heavy atom. The molecule has 0 aliphatic carbocycles. The van der Waals surface area contributed by atoms with Crippen LogP contribution >= 0.6 is 27.7 Å². The second kappa shape index (κ2) is 12.1. The number of nitrogens with zero attached hydrogens (tertiary/aromatic N) is 2. The van der Waals surface area contributed by atoms with E-state index < -0.39 is 16.1 Å². The van der Waals surface area contributed by atoms with Crippen LogP contribution in [0, 0.1) is 10.1 Å². The standard InChI is InChI=1S/C28H23BrN2O6S/c1-3-5-21-12-20(14-24(36-2)26(21)37-17-18-8-10-22(29)11-9-18)15-25-27(32)30(28(33)38-25)16-19-6-4-7-23(13-19)31(34)35/h3-4,6-15H,1,5,16-17H2,2H3/b25-15+. The number of ether oxygens (including phenoxy) is 2. The highest BCUT2D eigenvalue weighted by Crippen LogP contribution is 2.38. The van der Waals surface area contributed by atoms with Gasteiger partial charge in [0.1, 0.15) is 6.61 Å². The third-order valence-corrected chi connectivity index (χ3v) is 7.10. The summed E-state index contributed by atoms with van der Waals surface area (Å²) in [7, 11) is 1.54. The zero-order valence-electron chi connectivity index (χ0n) is 20.4. The minimum Gasteiger partial charge on any atom is -0.493 e. The minimum absolute atomic E-state index is 0.0580. The van der Waals surface area contributed by atoms with Crippen molar-refractivity contribution < 1.29 is 24.0 Å². The first-order valence-corrected chi connectivity index (χ1v) is 13.1. The molecule has 0 spiro atoms. The number of non-ortho nitro benzene ring substituents is 1. The second-order valence-corrected chi connectivity index (χ2v) is 10.2. The van der Waals surface area contributed by atoms with Crippen molar-refractivity contribution >= 4 is 50.6 Å². The van der Waals surface area contributed by atoms with Gasteiger partial charge in [-0.25, -0.2) is 0 Å². The molecule has 0 unspecified atom stereocenters. The van der Waals surface area contributed by atoms with Crippen molar-refractivity contribution in [2.45, 2.75) is 19.6 Å². The normalized spacial score (nSPS) is 14.2. The number of carbonyl (C=O) groups excluding carboxylic acids is 2. The van der Waals surface area contributed by atoms with Gasteiger partial charge >= 0.3 is 0 Å². The molecule has 1 fully saturated rings. The molecule has 1 aliphatic rings. The summed E-state index contributed by atoms with van der Waals surface area (Å²) >= 11 is 4.25. The molecule has 2 amide bonds. The zero-order valence-corrected chi connectivity index (χ0v) is 22.8. The van der Waals surface area contributed by atoms with Crippen LogP contribution in [-0.4, -0.2) is 28.1 Å². The molecule has 0 radical (unpaired) electrons. The Hall–Kier alpha value is -3.89. The fourth-order valence-corrected chi connectivity index (χ4v) is 4.97. The third kappa shape index (κ3) is 6.32. The number of nitro groups is 1. The highest BCUT2D eigenvalue weighted by molar-refractivity contribution is 9.10. The monoisotopic (exact) mass is 594 g/mol. The average Bonchev–Trinajstić information content (AvgIpc) is 3.16. The fourth-order valence-electron chi connectivity index (χ4n) is 3.86. The van der Waals surface area contributed by atoms with E-state index in [9.17, 15) is 19.7 Å². The Balaban J connectivity index is 1.58. The lowest BCUT2D eigenvalue weighted by Crippen LogP contribution is -2.27. The van der Waals surface area contributed by atoms with Crippen LogP contribution < -0.4 is 9.47 Å². The summed E-state index contributed by atoms with van der Waals surface area (Å²) in [6.07, 6.45) is 3.88. The molecule has 1 heterocycles. The van der Waals surface area contributed by atoms with E-state index in [-0.39, 0.29) is 17.1 Å². The predicted molar refractivity (Wildman–Crippen MR) is 150 cm³/mol. The lowest BCUT2D eigenvalue weighted by Gasteiger charge is -2.16. The lowest BCUT2D eigenvalue weighted by molar-refractivity contribution is -0.384. The highest BCUT2D eigenvalue weighted by atomic mass is 79.9. The number of hydrogen-bond donors (Lipinski definition) is 0. The molecule has 3 aromatic rings. The van der Waals surface area contributed by atoms with Gasteiger partial charge in [0.2, 0.25) is 0 Å². The van der Waals surface area contributed by atoms with Crippen molar-refractivity contribution in [2.75, 3.05) is 7.11 Å². The number of thioether (sulfide) groups is 1. The topological polar surface area (TPSA) is 99.0 Å². The number of hydrogen-bond acceptors (Lipinski definition) is 7. The summed E-state index contributed by atoms with van der Waals surface area (Å²) < 4.78 is 12.7. The van der Waals surface area contributed by atoms with Gasteiger partial charge in [0.15, 0.2) is 11.5 Å². The van der Waals surface area contributed by atoms with Crippen molar-refractivity contribution in [1.82, 2.24) is 4.90 Å². The number of amides is 2. The van der Waals surface area contributed by atoms with E-state index in [4.69, 9.17) is 9.47 Å². The molecule has 194 valence electrons. The highest BCUT2D eigenvalue weighted by Gasteiger charge is 2.35. The molecular weight excluding hydrogens is 572 g/mol. The molecule has 1 aliphatic heterocycles. The summed E-state index contributed by atoms with van der Waals surface area (Å²) in [5.74, 6) is 0.598. The van der Waals surface area contributed by atoms with Crippen LogP contribution in [0.3, 0.4) is 0 Å². The number of imide groups is 1. The number of methoxy groups -OCH3 is 1. The van der Waals surface area contributed by atoms with Crippen LogP contribution in [0.1, 0.15) is 22.3 Å². The molecule has 0 saturated carbocycles. The summed E-state index contributed by atoms with van der Waals surface area (Å²) in [6.45, 7) is 4.11. The molecular formula is C28H23BrN2O6S. The molecule has 0 bridgehead atoms. The van der Waals surface area contributed by atoms with Gasteiger partial charge in [0.05, 0.1) is 23.5 Å². The SMILES string of the molecule is C=CCc1cc(/C=C2/SC(=O)N(Cc3cccc([N+](=O)[O-])c3)C2=O)cc(OC)c1OCc1ccc(Br)cc1. The molecule has 0 aromatic heterocycles. The van der Waals surface area contributed by atoms with Crippen molar-refractivity contribution in [3.05, 3.63) is 115 Å². The summed E-state index contributed by atoms with van der Waals surface area (Å²) in [5, 5.41) is 10.6. The van der Waals surface area contributed by atoms with Gasteiger partial charge in [-0.1, -0.05) is 46.3 Å². The molecule has 4 rings (SSSR count). The summed E-state index contributed by atoms with van der Waals surface area (Å²) in [6, 6.07) is 17.3. The number of benzene rings is 3. The Labute approximate surface area is 232 Å². The molecule has 3 aromatic carbocycles. The van der Waals surface area contributed by atoms with E-state index in [1.807, 2.05) is 30.3 Å². The Bertz CT molecular complexity index is 1440. The molecule has 0 N–H and O–H groups in total. The minimum atomic E-state index is -0.516. The fraction of sp³-hybridized carbons (Fsp3) is 0.143. The Morgan fingerprint density at radius 3 is 2.55 bits per heavy atom. The first kappa shape index (κ1) is 27.2. The number of nitro benzene ring substituents is 1. The molecule has 1 saturated heterocycles. The number of carbonyl (C=O) groups is 2. The quantitative estimate of drug-likeness (QED) is 0.109. The molecule has 10 heteroatoms. The van der Waals surface area contributed by atoms with Gasteiger partial charge in [0, 0.05) is 22.2 Å². The van der Waals surface area contributed by atoms with Crippen molar-refractivity contribution in [1.29, 1.82) is 0 Å². The van der Waals surface area contributed by atoms with Gasteiger partial charge < -0.3 is 9.47 Å². The van der Waals surface area contributed by atoms with Crippen LogP contribution in [0.5, 0.6) is 11.5 Å². The number of halogens is 1. The first-order chi connectivity index (χ1) is 18.3. The molecule has 0 atom stereocenters. The van der Waals surface area contributed by atoms with E-state index in [1.54, 1.807) is 24.3 Å². The van der Waals surface area contributed by atoms with Crippen molar-refractivity contribution in [3.8, 4) is 11.5 Å². The van der Waals surface area contributed by atoms with Crippen molar-refractivity contribution in [3.63, 3.8) is 0 Å². The average molecular weight is 595 g/mol. The van der Waals surface area contributed by atoms with Gasteiger partial charge in [-0.15, -0.1) is 6.58 Å². The van der Waals surface area contributed by atoms with Gasteiger partial charge in [-0.3, -0.25) is 24.6 Å². The van der Waals surface area contributed by atoms with Crippen LogP contribution in [-0.2, 0) is 24.4 Å². The van der Waals surface area contributed by atoms with Gasteiger partial charge in [-0.05, 0) is 65.2 Å². The maximum Gasteiger partial charge on any atom is 0.293 e. The number of allylic oxidation sites excluding steroid dienone is 1. The van der Waals surface area contributed by atoms with E-state index in [2.05, 4.69) is 22.5 Å². The first-order valence-electron chi connectivity index (χ1n) is 11.5. The summed E-state index contributed by atoms with van der Waals surface area (Å²) in [5.41, 5.74) is 2.86. The Morgan fingerprint density at radius 1 is 1.11 bits per heavy atom. The van der Waals surface area contributed by atoms with E-state index >= 15 is 0 Å². The molecule has 8 nitrogen and oxygen atoms in total. The lowest BCUT2D eigenvalue weighted by atomic mass is 10.0. The van der Waals surface area contributed by atoms with Crippen LogP contribution in [0.4, 0.5) is 10.5 Å². The maximum absolute atomic E-state index is 13.1. The van der Waals surface area contributed by atoms with E-state index in [0.717, 1.165) is 32.3 Å².